The molecule has 1 aliphatic rings. The Labute approximate surface area is 251 Å². The SMILES string of the molecule is C[C@H]1C(OP(=O)(O)O)CCN1CCCCOc1ccc2c(Nc3cc(CC(=O)Nc4cccc(F)c4F)[nH]n3)ncnc2c1. The summed E-state index contributed by atoms with van der Waals surface area (Å²) in [6.45, 7) is 3.90. The molecule has 2 aromatic carbocycles. The van der Waals surface area contributed by atoms with E-state index in [1.54, 1.807) is 12.1 Å². The second kappa shape index (κ2) is 13.7. The number of unbranched alkanes of at least 4 members (excludes halogenated alkanes) is 1. The van der Waals surface area contributed by atoms with Gasteiger partial charge in [0, 0.05) is 35.8 Å². The smallest absolute Gasteiger partial charge is 0.469 e. The predicted octanol–water partition coefficient (Wildman–Crippen LogP) is 4.29. The number of anilines is 3. The van der Waals surface area contributed by atoms with Crippen LogP contribution >= 0.6 is 7.82 Å². The average molecular weight is 632 g/mol. The highest BCUT2D eigenvalue weighted by Crippen LogP contribution is 2.41. The van der Waals surface area contributed by atoms with Crippen LogP contribution in [0.3, 0.4) is 0 Å². The molecule has 1 saturated heterocycles. The van der Waals surface area contributed by atoms with Crippen molar-refractivity contribution in [3.63, 3.8) is 0 Å². The second-order valence-electron chi connectivity index (χ2n) is 10.4. The molecule has 2 aromatic heterocycles. The van der Waals surface area contributed by atoms with Gasteiger partial charge in [-0.2, -0.15) is 5.10 Å². The van der Waals surface area contributed by atoms with Crippen LogP contribution in [0, 0.1) is 11.6 Å². The molecule has 5 N–H and O–H groups in total. The molecule has 44 heavy (non-hydrogen) atoms. The first kappa shape index (κ1) is 31.4. The third kappa shape index (κ3) is 8.12. The summed E-state index contributed by atoms with van der Waals surface area (Å²) in [5.74, 6) is -1.18. The van der Waals surface area contributed by atoms with Gasteiger partial charge in [0.1, 0.15) is 17.9 Å². The first-order chi connectivity index (χ1) is 21.1. The number of carbonyl (C=O) groups excluding carboxylic acids is 1. The van der Waals surface area contributed by atoms with Gasteiger partial charge in [0.25, 0.3) is 0 Å². The number of nitrogens with zero attached hydrogens (tertiary/aromatic N) is 4. The van der Waals surface area contributed by atoms with Crippen molar-refractivity contribution >= 4 is 42.0 Å². The number of fused-ring (bicyclic) bond motifs is 1. The van der Waals surface area contributed by atoms with E-state index in [9.17, 15) is 18.1 Å². The second-order valence-corrected chi connectivity index (χ2v) is 11.6. The van der Waals surface area contributed by atoms with E-state index in [1.807, 2.05) is 19.1 Å². The highest BCUT2D eigenvalue weighted by atomic mass is 31.2. The van der Waals surface area contributed by atoms with Crippen LogP contribution in [-0.2, 0) is 20.3 Å². The van der Waals surface area contributed by atoms with Crippen molar-refractivity contribution in [2.75, 3.05) is 30.3 Å². The van der Waals surface area contributed by atoms with E-state index in [1.165, 1.54) is 18.5 Å². The topological polar surface area (TPSA) is 175 Å². The van der Waals surface area contributed by atoms with Crippen molar-refractivity contribution in [3.05, 3.63) is 66.1 Å². The third-order valence-electron chi connectivity index (χ3n) is 7.26. The molecule has 13 nitrogen and oxygen atoms in total. The van der Waals surface area contributed by atoms with Crippen molar-refractivity contribution in [3.8, 4) is 5.75 Å². The Morgan fingerprint density at radius 3 is 2.84 bits per heavy atom. The van der Waals surface area contributed by atoms with Crippen molar-refractivity contribution in [1.82, 2.24) is 25.1 Å². The number of H-pyrrole nitrogens is 1. The number of carbonyl (C=O) groups is 1. The maximum Gasteiger partial charge on any atom is 0.469 e. The van der Waals surface area contributed by atoms with Gasteiger partial charge in [0.05, 0.1) is 30.3 Å². The van der Waals surface area contributed by atoms with Crippen LogP contribution in [0.25, 0.3) is 10.9 Å². The number of phosphoric acid groups is 1. The van der Waals surface area contributed by atoms with Crippen LogP contribution in [0.1, 0.15) is 31.9 Å². The lowest BCUT2D eigenvalue weighted by atomic mass is 10.2. The standard InChI is InChI=1S/C28H32F2N7O6P/c1-17-24(43-44(39,40)41)9-11-37(17)10-2-3-12-42-19-7-8-20-23(15-19)31-16-32-28(20)34-25-13-18(35-36-25)14-26(38)33-22-6-4-5-21(29)27(22)30/h4-8,13,15-17,24H,2-3,9-12,14H2,1H3,(H,33,38)(H2,39,40,41)(H2,31,32,34,35,36)/t17-,24?/m0/s1. The fourth-order valence-electron chi connectivity index (χ4n) is 5.04. The molecule has 5 rings (SSSR count). The number of hydrogen-bond acceptors (Lipinski definition) is 9. The maximum atomic E-state index is 13.8. The summed E-state index contributed by atoms with van der Waals surface area (Å²) in [7, 11) is -4.50. The minimum absolute atomic E-state index is 0.0724. The Balaban J connectivity index is 1.10. The Bertz CT molecular complexity index is 1670. The molecule has 0 saturated carbocycles. The van der Waals surface area contributed by atoms with Crippen molar-refractivity contribution in [2.24, 2.45) is 0 Å². The van der Waals surface area contributed by atoms with Gasteiger partial charge >= 0.3 is 7.82 Å². The normalized spacial score (nSPS) is 17.2. The number of amides is 1. The molecule has 3 heterocycles. The van der Waals surface area contributed by atoms with E-state index >= 15 is 0 Å². The number of aromatic amines is 1. The van der Waals surface area contributed by atoms with Gasteiger partial charge in [-0.3, -0.25) is 19.3 Å². The molecule has 234 valence electrons. The van der Waals surface area contributed by atoms with E-state index in [-0.39, 0.29) is 18.2 Å². The molecule has 4 aromatic rings. The molecule has 1 fully saturated rings. The Kier molecular flexibility index (Phi) is 9.81. The molecule has 1 amide bonds. The predicted molar refractivity (Wildman–Crippen MR) is 157 cm³/mol. The fraction of sp³-hybridized carbons (Fsp3) is 0.357. The minimum atomic E-state index is -4.50. The number of hydrogen-bond donors (Lipinski definition) is 5. The van der Waals surface area contributed by atoms with E-state index in [2.05, 4.69) is 35.7 Å². The average Bonchev–Trinajstić information content (AvgIpc) is 3.55. The van der Waals surface area contributed by atoms with E-state index in [4.69, 9.17) is 19.0 Å². The summed E-state index contributed by atoms with van der Waals surface area (Å²) in [6.07, 6.45) is 3.01. The van der Waals surface area contributed by atoms with Crippen LogP contribution < -0.4 is 15.4 Å². The van der Waals surface area contributed by atoms with Crippen LogP contribution in [0.4, 0.5) is 26.1 Å². The van der Waals surface area contributed by atoms with Gasteiger partial charge in [-0.15, -0.1) is 0 Å². The minimum Gasteiger partial charge on any atom is -0.494 e. The zero-order chi connectivity index (χ0) is 31.3. The van der Waals surface area contributed by atoms with Gasteiger partial charge in [0.2, 0.25) is 5.91 Å². The number of rotatable bonds is 13. The summed E-state index contributed by atoms with van der Waals surface area (Å²) in [6, 6.07) is 10.5. The fourth-order valence-corrected chi connectivity index (χ4v) is 5.68. The number of likely N-dealkylation sites (tertiary alicyclic amines) is 1. The van der Waals surface area contributed by atoms with Gasteiger partial charge in [0.15, 0.2) is 17.5 Å². The van der Waals surface area contributed by atoms with Gasteiger partial charge in [-0.05, 0) is 57.0 Å². The highest BCUT2D eigenvalue weighted by molar-refractivity contribution is 7.46. The number of nitrogens with one attached hydrogen (secondary N) is 3. The van der Waals surface area contributed by atoms with Crippen LogP contribution in [0.15, 0.2) is 48.8 Å². The van der Waals surface area contributed by atoms with Gasteiger partial charge in [-0.25, -0.2) is 23.3 Å². The molecule has 0 radical (unpaired) electrons. The van der Waals surface area contributed by atoms with E-state index < -0.39 is 31.5 Å². The number of aromatic nitrogens is 4. The molecular formula is C28H32F2N7O6P. The summed E-state index contributed by atoms with van der Waals surface area (Å²) in [5, 5.41) is 13.1. The lowest BCUT2D eigenvalue weighted by Gasteiger charge is -2.24. The molecule has 1 aliphatic heterocycles. The van der Waals surface area contributed by atoms with Crippen molar-refractivity contribution < 1.29 is 37.2 Å². The quantitative estimate of drug-likeness (QED) is 0.105. The van der Waals surface area contributed by atoms with Gasteiger partial charge < -0.3 is 25.2 Å². The molecule has 1 unspecified atom stereocenters. The summed E-state index contributed by atoms with van der Waals surface area (Å²) >= 11 is 0. The van der Waals surface area contributed by atoms with Crippen LogP contribution in [-0.4, -0.2) is 72.6 Å². The lowest BCUT2D eigenvalue weighted by molar-refractivity contribution is -0.115. The number of halogens is 2. The molecule has 16 heteroatoms. The Morgan fingerprint density at radius 1 is 1.18 bits per heavy atom. The molecule has 0 aliphatic carbocycles. The van der Waals surface area contributed by atoms with E-state index in [0.717, 1.165) is 37.4 Å². The molecular weight excluding hydrogens is 599 g/mol. The van der Waals surface area contributed by atoms with Crippen molar-refractivity contribution in [2.45, 2.75) is 44.8 Å². The largest absolute Gasteiger partial charge is 0.494 e. The number of ether oxygens (including phenoxy) is 1. The van der Waals surface area contributed by atoms with Crippen molar-refractivity contribution in [1.29, 1.82) is 0 Å². The highest BCUT2D eigenvalue weighted by Gasteiger charge is 2.35. The first-order valence-electron chi connectivity index (χ1n) is 14.0. The maximum absolute atomic E-state index is 13.8. The zero-order valence-corrected chi connectivity index (χ0v) is 24.6. The Hall–Kier alpha value is -4.01. The monoisotopic (exact) mass is 631 g/mol. The van der Waals surface area contributed by atoms with E-state index in [0.29, 0.717) is 41.6 Å². The Morgan fingerprint density at radius 2 is 2.02 bits per heavy atom. The third-order valence-corrected chi connectivity index (χ3v) is 7.80. The number of benzene rings is 2. The number of phosphoric ester groups is 1. The zero-order valence-electron chi connectivity index (χ0n) is 23.7. The molecule has 0 bridgehead atoms. The summed E-state index contributed by atoms with van der Waals surface area (Å²) < 4.78 is 49.2. The van der Waals surface area contributed by atoms with Crippen LogP contribution in [0.2, 0.25) is 0 Å². The van der Waals surface area contributed by atoms with Gasteiger partial charge in [-0.1, -0.05) is 6.07 Å². The lowest BCUT2D eigenvalue weighted by Crippen LogP contribution is -2.34. The summed E-state index contributed by atoms with van der Waals surface area (Å²) in [5.41, 5.74) is 0.853. The molecule has 0 spiro atoms. The molecule has 2 atom stereocenters. The first-order valence-corrected chi connectivity index (χ1v) is 15.5. The summed E-state index contributed by atoms with van der Waals surface area (Å²) in [4.78, 5) is 41.3. The van der Waals surface area contributed by atoms with Crippen LogP contribution in [0.5, 0.6) is 5.75 Å².